The molecule has 146 valence electrons. The van der Waals surface area contributed by atoms with Gasteiger partial charge in [0.2, 0.25) is 5.75 Å². The molecule has 1 aromatic rings. The Morgan fingerprint density at radius 1 is 1.33 bits per heavy atom. The molecule has 0 bridgehead atoms. The Bertz CT molecular complexity index is 782. The van der Waals surface area contributed by atoms with Crippen LogP contribution in [0.1, 0.15) is 19.8 Å². The maximum Gasteiger partial charge on any atom is 0.387 e. The smallest absolute Gasteiger partial charge is 0.387 e. The van der Waals surface area contributed by atoms with Crippen molar-refractivity contribution in [3.05, 3.63) is 28.3 Å². The summed E-state index contributed by atoms with van der Waals surface area (Å²) in [5.41, 5.74) is -1.01. The van der Waals surface area contributed by atoms with E-state index in [0.717, 1.165) is 6.07 Å². The van der Waals surface area contributed by atoms with Crippen LogP contribution >= 0.6 is 0 Å². The molecule has 2 N–H and O–H groups in total. The first-order chi connectivity index (χ1) is 12.7. The second kappa shape index (κ2) is 6.97. The Morgan fingerprint density at radius 3 is 2.52 bits per heavy atom. The average Bonchev–Trinajstić information content (AvgIpc) is 2.87. The Balaban J connectivity index is 1.73. The van der Waals surface area contributed by atoms with E-state index in [-0.39, 0.29) is 11.8 Å². The maximum atomic E-state index is 12.5. The summed E-state index contributed by atoms with van der Waals surface area (Å²) in [7, 11) is 0. The van der Waals surface area contributed by atoms with Gasteiger partial charge in [0, 0.05) is 30.9 Å². The standard InChI is InChI=1S/C16H18F2N4O5/c1-16(13(23)19-15(24)20-16)9-4-6-21(7-5-9)10-2-3-11(22(25)26)12(8-10)27-14(17)18/h2-3,8-9,14H,4-7H2,1H3,(H2,19,20,23,24). The van der Waals surface area contributed by atoms with Gasteiger partial charge in [0.15, 0.2) is 0 Å². The minimum atomic E-state index is -3.17. The molecule has 3 amide bonds. The first-order valence-corrected chi connectivity index (χ1v) is 8.32. The van der Waals surface area contributed by atoms with Crippen LogP contribution in [0.5, 0.6) is 5.75 Å². The molecule has 0 aliphatic carbocycles. The van der Waals surface area contributed by atoms with Crippen LogP contribution in [-0.4, -0.2) is 42.1 Å². The topological polar surface area (TPSA) is 114 Å². The molecule has 9 nitrogen and oxygen atoms in total. The zero-order valence-corrected chi connectivity index (χ0v) is 14.4. The van der Waals surface area contributed by atoms with Crippen LogP contribution in [0.3, 0.4) is 0 Å². The highest BCUT2D eigenvalue weighted by Gasteiger charge is 2.48. The lowest BCUT2D eigenvalue weighted by atomic mass is 9.79. The number of alkyl halides is 2. The van der Waals surface area contributed by atoms with Crippen molar-refractivity contribution in [2.45, 2.75) is 31.9 Å². The summed E-state index contributed by atoms with van der Waals surface area (Å²) in [6.45, 7) is -0.507. The van der Waals surface area contributed by atoms with E-state index in [4.69, 9.17) is 0 Å². The Kier molecular flexibility index (Phi) is 4.85. The fourth-order valence-electron chi connectivity index (χ4n) is 3.60. The van der Waals surface area contributed by atoms with E-state index in [0.29, 0.717) is 31.6 Å². The fraction of sp³-hybridized carbons (Fsp3) is 0.500. The number of nitrogens with one attached hydrogen (secondary N) is 2. The molecular weight excluding hydrogens is 366 g/mol. The lowest BCUT2D eigenvalue weighted by Gasteiger charge is -2.39. The molecule has 0 aromatic heterocycles. The summed E-state index contributed by atoms with van der Waals surface area (Å²) in [6, 6.07) is 3.30. The summed E-state index contributed by atoms with van der Waals surface area (Å²) < 4.78 is 29.4. The van der Waals surface area contributed by atoms with Crippen molar-refractivity contribution in [3.63, 3.8) is 0 Å². The first-order valence-electron chi connectivity index (χ1n) is 8.32. The number of urea groups is 1. The number of benzene rings is 1. The lowest BCUT2D eigenvalue weighted by molar-refractivity contribution is -0.386. The van der Waals surface area contributed by atoms with E-state index < -0.39 is 34.5 Å². The van der Waals surface area contributed by atoms with E-state index in [1.165, 1.54) is 12.1 Å². The van der Waals surface area contributed by atoms with Gasteiger partial charge in [-0.1, -0.05) is 0 Å². The molecule has 2 aliphatic heterocycles. The van der Waals surface area contributed by atoms with Crippen LogP contribution < -0.4 is 20.3 Å². The Hall–Kier alpha value is -2.98. The number of nitro benzene ring substituents is 1. The van der Waals surface area contributed by atoms with Crippen molar-refractivity contribution in [1.82, 2.24) is 10.6 Å². The van der Waals surface area contributed by atoms with Crippen molar-refractivity contribution in [3.8, 4) is 5.75 Å². The predicted octanol–water partition coefficient (Wildman–Crippen LogP) is 2.01. The number of amides is 3. The van der Waals surface area contributed by atoms with Crippen molar-refractivity contribution in [2.24, 2.45) is 5.92 Å². The van der Waals surface area contributed by atoms with Crippen LogP contribution in [0.2, 0.25) is 0 Å². The molecule has 1 unspecified atom stereocenters. The van der Waals surface area contributed by atoms with Crippen LogP contribution in [0.25, 0.3) is 0 Å². The highest BCUT2D eigenvalue weighted by Crippen LogP contribution is 2.36. The van der Waals surface area contributed by atoms with Gasteiger partial charge >= 0.3 is 18.3 Å². The predicted molar refractivity (Wildman–Crippen MR) is 89.7 cm³/mol. The van der Waals surface area contributed by atoms with Gasteiger partial charge in [-0.3, -0.25) is 20.2 Å². The Morgan fingerprint density at radius 2 is 2.00 bits per heavy atom. The number of anilines is 1. The third-order valence-corrected chi connectivity index (χ3v) is 5.10. The number of piperidine rings is 1. The van der Waals surface area contributed by atoms with E-state index in [9.17, 15) is 28.5 Å². The lowest BCUT2D eigenvalue weighted by Crippen LogP contribution is -2.53. The van der Waals surface area contributed by atoms with Crippen LogP contribution in [-0.2, 0) is 4.79 Å². The monoisotopic (exact) mass is 384 g/mol. The molecule has 3 rings (SSSR count). The summed E-state index contributed by atoms with van der Waals surface area (Å²) in [5, 5.41) is 15.9. The molecule has 1 atom stereocenters. The van der Waals surface area contributed by atoms with Crippen molar-refractivity contribution >= 4 is 23.3 Å². The van der Waals surface area contributed by atoms with Gasteiger partial charge in [-0.25, -0.2) is 4.79 Å². The van der Waals surface area contributed by atoms with Crippen LogP contribution in [0, 0.1) is 16.0 Å². The second-order valence-corrected chi connectivity index (χ2v) is 6.66. The second-order valence-electron chi connectivity index (χ2n) is 6.66. The number of halogens is 2. The van der Waals surface area contributed by atoms with Crippen LogP contribution in [0.15, 0.2) is 18.2 Å². The number of nitrogens with zero attached hydrogens (tertiary/aromatic N) is 2. The van der Waals surface area contributed by atoms with Crippen molar-refractivity contribution < 1.29 is 28.0 Å². The molecule has 0 spiro atoms. The molecule has 2 heterocycles. The molecule has 0 saturated carbocycles. The molecule has 2 saturated heterocycles. The molecule has 2 aliphatic rings. The number of carbonyl (C=O) groups is 2. The Labute approximate surface area is 152 Å². The van der Waals surface area contributed by atoms with Crippen molar-refractivity contribution in [2.75, 3.05) is 18.0 Å². The zero-order chi connectivity index (χ0) is 19.8. The largest absolute Gasteiger partial charge is 0.427 e. The third kappa shape index (κ3) is 3.62. The number of carbonyl (C=O) groups excluding carboxylic acids is 2. The maximum absolute atomic E-state index is 12.5. The number of hydrogen-bond acceptors (Lipinski definition) is 6. The SMILES string of the molecule is CC1(C2CCN(c3ccc([N+](=O)[O-])c(OC(F)F)c3)CC2)NC(=O)NC1=O. The fourth-order valence-corrected chi connectivity index (χ4v) is 3.60. The quantitative estimate of drug-likeness (QED) is 0.456. The van der Waals surface area contributed by atoms with E-state index in [1.807, 2.05) is 4.90 Å². The molecule has 11 heteroatoms. The van der Waals surface area contributed by atoms with Crippen molar-refractivity contribution in [1.29, 1.82) is 0 Å². The molecule has 1 aromatic carbocycles. The number of rotatable bonds is 5. The van der Waals surface area contributed by atoms with Gasteiger partial charge in [-0.2, -0.15) is 8.78 Å². The van der Waals surface area contributed by atoms with Gasteiger partial charge in [-0.05, 0) is 31.7 Å². The molecule has 27 heavy (non-hydrogen) atoms. The van der Waals surface area contributed by atoms with Gasteiger partial charge in [0.05, 0.1) is 4.92 Å². The van der Waals surface area contributed by atoms with E-state index in [1.54, 1.807) is 6.92 Å². The highest BCUT2D eigenvalue weighted by molar-refractivity contribution is 6.07. The van der Waals surface area contributed by atoms with Gasteiger partial charge in [0.1, 0.15) is 5.54 Å². The summed E-state index contributed by atoms with van der Waals surface area (Å²) >= 11 is 0. The number of imide groups is 1. The molecule has 2 fully saturated rings. The van der Waals surface area contributed by atoms with Gasteiger partial charge in [0.25, 0.3) is 5.91 Å². The third-order valence-electron chi connectivity index (χ3n) is 5.10. The first kappa shape index (κ1) is 18.8. The van der Waals surface area contributed by atoms with Crippen LogP contribution in [0.4, 0.5) is 25.0 Å². The number of nitro groups is 1. The van der Waals surface area contributed by atoms with E-state index in [2.05, 4.69) is 15.4 Å². The number of hydrogen-bond donors (Lipinski definition) is 2. The minimum Gasteiger partial charge on any atom is -0.427 e. The summed E-state index contributed by atoms with van der Waals surface area (Å²) in [4.78, 5) is 35.5. The molecule has 0 radical (unpaired) electrons. The van der Waals surface area contributed by atoms with E-state index >= 15 is 0 Å². The van der Waals surface area contributed by atoms with Gasteiger partial charge < -0.3 is 15.0 Å². The highest BCUT2D eigenvalue weighted by atomic mass is 19.3. The van der Waals surface area contributed by atoms with Gasteiger partial charge in [-0.15, -0.1) is 0 Å². The summed E-state index contributed by atoms with van der Waals surface area (Å²) in [6.07, 6.45) is 1.15. The zero-order valence-electron chi connectivity index (χ0n) is 14.4. The normalized spacial score (nSPS) is 23.3. The molecular formula is C16H18F2N4O5. The summed E-state index contributed by atoms with van der Waals surface area (Å²) in [5.74, 6) is -0.951. The minimum absolute atomic E-state index is 0.0879. The number of ether oxygens (including phenoxy) is 1. The average molecular weight is 384 g/mol.